The third-order valence-electron chi connectivity index (χ3n) is 5.04. The van der Waals surface area contributed by atoms with Crippen LogP contribution < -0.4 is 10.2 Å². The van der Waals surface area contributed by atoms with Crippen molar-refractivity contribution < 1.29 is 9.59 Å². The fraction of sp³-hybridized carbons (Fsp3) is 0.556. The maximum atomic E-state index is 12.5. The van der Waals surface area contributed by atoms with Crippen LogP contribution in [0.25, 0.3) is 0 Å². The second kappa shape index (κ2) is 7.13. The highest BCUT2D eigenvalue weighted by Gasteiger charge is 2.37. The van der Waals surface area contributed by atoms with E-state index in [0.29, 0.717) is 25.6 Å². The Morgan fingerprint density at radius 1 is 1.22 bits per heavy atom. The molecule has 2 unspecified atom stereocenters. The lowest BCUT2D eigenvalue weighted by Gasteiger charge is -2.20. The highest BCUT2D eigenvalue weighted by Crippen LogP contribution is 2.25. The molecule has 1 aromatic carbocycles. The van der Waals surface area contributed by atoms with Gasteiger partial charge in [0.2, 0.25) is 11.8 Å². The molecule has 2 heterocycles. The van der Waals surface area contributed by atoms with E-state index in [2.05, 4.69) is 17.3 Å². The molecule has 2 amide bonds. The molecule has 2 aliphatic heterocycles. The molecular weight excluding hydrogens is 290 g/mol. The van der Waals surface area contributed by atoms with Crippen molar-refractivity contribution in [3.05, 3.63) is 30.3 Å². The fourth-order valence-electron chi connectivity index (χ4n) is 3.62. The van der Waals surface area contributed by atoms with Gasteiger partial charge in [-0.2, -0.15) is 0 Å². The summed E-state index contributed by atoms with van der Waals surface area (Å²) in [6, 6.07) is 10.1. The number of amides is 2. The van der Waals surface area contributed by atoms with Crippen molar-refractivity contribution in [2.45, 2.75) is 31.7 Å². The normalized spacial score (nSPS) is 25.1. The van der Waals surface area contributed by atoms with Crippen molar-refractivity contribution in [3.63, 3.8) is 0 Å². The predicted octanol–water partition coefficient (Wildman–Crippen LogP) is 1.64. The molecule has 23 heavy (non-hydrogen) atoms. The van der Waals surface area contributed by atoms with Gasteiger partial charge in [-0.15, -0.1) is 0 Å². The van der Waals surface area contributed by atoms with Crippen molar-refractivity contribution in [2.24, 2.45) is 5.92 Å². The van der Waals surface area contributed by atoms with E-state index in [4.69, 9.17) is 0 Å². The summed E-state index contributed by atoms with van der Waals surface area (Å²) in [5.74, 6) is -0.725. The fourth-order valence-corrected chi connectivity index (χ4v) is 3.62. The van der Waals surface area contributed by atoms with Crippen LogP contribution in [0.5, 0.6) is 0 Å². The summed E-state index contributed by atoms with van der Waals surface area (Å²) in [4.78, 5) is 28.9. The second-order valence-electron chi connectivity index (χ2n) is 6.52. The summed E-state index contributed by atoms with van der Waals surface area (Å²) in [6.45, 7) is 2.42. The number of benzene rings is 1. The largest absolute Gasteiger partial charge is 0.355 e. The molecule has 0 saturated carbocycles. The molecule has 0 spiro atoms. The average molecular weight is 315 g/mol. The van der Waals surface area contributed by atoms with Crippen LogP contribution in [-0.2, 0) is 9.59 Å². The molecule has 0 aromatic heterocycles. The van der Waals surface area contributed by atoms with Crippen LogP contribution in [-0.4, -0.2) is 49.4 Å². The Bertz CT molecular complexity index is 561. The molecule has 0 bridgehead atoms. The van der Waals surface area contributed by atoms with Crippen LogP contribution in [0.15, 0.2) is 30.3 Å². The maximum absolute atomic E-state index is 12.5. The van der Waals surface area contributed by atoms with Gasteiger partial charge in [0.1, 0.15) is 5.92 Å². The maximum Gasteiger partial charge on any atom is 0.239 e. The highest BCUT2D eigenvalue weighted by atomic mass is 16.2. The zero-order chi connectivity index (χ0) is 16.2. The highest BCUT2D eigenvalue weighted by molar-refractivity contribution is 6.09. The first-order valence-corrected chi connectivity index (χ1v) is 8.51. The van der Waals surface area contributed by atoms with E-state index in [1.807, 2.05) is 30.3 Å². The van der Waals surface area contributed by atoms with E-state index >= 15 is 0 Å². The minimum absolute atomic E-state index is 0.0771. The van der Waals surface area contributed by atoms with Crippen LogP contribution >= 0.6 is 0 Å². The lowest BCUT2D eigenvalue weighted by Crippen LogP contribution is -2.38. The number of hydrogen-bond donors (Lipinski definition) is 1. The Kier molecular flexibility index (Phi) is 4.96. The standard InChI is InChI=1S/C18H25N3O2/c1-20-12-5-8-14(20)9-11-19-17(22)16-10-13-21(18(16)23)15-6-3-2-4-7-15/h2-4,6-7,14,16H,5,8-13H2,1H3,(H,19,22). The summed E-state index contributed by atoms with van der Waals surface area (Å²) in [7, 11) is 2.14. The lowest BCUT2D eigenvalue weighted by molar-refractivity contribution is -0.132. The third-order valence-corrected chi connectivity index (χ3v) is 5.04. The Morgan fingerprint density at radius 3 is 2.70 bits per heavy atom. The Labute approximate surface area is 137 Å². The predicted molar refractivity (Wildman–Crippen MR) is 90.2 cm³/mol. The summed E-state index contributed by atoms with van der Waals surface area (Å²) < 4.78 is 0. The number of nitrogens with one attached hydrogen (secondary N) is 1. The van der Waals surface area contributed by atoms with Crippen molar-refractivity contribution in [3.8, 4) is 0 Å². The van der Waals surface area contributed by atoms with Gasteiger partial charge >= 0.3 is 0 Å². The van der Waals surface area contributed by atoms with E-state index in [-0.39, 0.29) is 11.8 Å². The van der Waals surface area contributed by atoms with Crippen molar-refractivity contribution >= 4 is 17.5 Å². The molecule has 5 nitrogen and oxygen atoms in total. The number of para-hydroxylation sites is 1. The van der Waals surface area contributed by atoms with Gasteiger partial charge in [0.25, 0.3) is 0 Å². The van der Waals surface area contributed by atoms with Crippen molar-refractivity contribution in [1.29, 1.82) is 0 Å². The first-order chi connectivity index (χ1) is 11.2. The van der Waals surface area contributed by atoms with Crippen molar-refractivity contribution in [2.75, 3.05) is 31.6 Å². The summed E-state index contributed by atoms with van der Waals surface area (Å²) in [5, 5.41) is 2.96. The third kappa shape index (κ3) is 3.55. The molecule has 2 atom stereocenters. The Hall–Kier alpha value is -1.88. The number of carbonyl (C=O) groups excluding carboxylic acids is 2. The molecular formula is C18H25N3O2. The summed E-state index contributed by atoms with van der Waals surface area (Å²) in [6.07, 6.45) is 4.01. The Morgan fingerprint density at radius 2 is 2.00 bits per heavy atom. The smallest absolute Gasteiger partial charge is 0.239 e. The first-order valence-electron chi connectivity index (χ1n) is 8.51. The number of nitrogens with zero attached hydrogens (tertiary/aromatic N) is 2. The number of anilines is 1. The monoisotopic (exact) mass is 315 g/mol. The molecule has 0 radical (unpaired) electrons. The van der Waals surface area contributed by atoms with E-state index < -0.39 is 5.92 Å². The molecule has 3 rings (SSSR count). The quantitative estimate of drug-likeness (QED) is 0.841. The molecule has 2 saturated heterocycles. The lowest BCUT2D eigenvalue weighted by atomic mass is 10.1. The van der Waals surface area contributed by atoms with Gasteiger partial charge in [0.05, 0.1) is 0 Å². The zero-order valence-corrected chi connectivity index (χ0v) is 13.7. The van der Waals surface area contributed by atoms with Gasteiger partial charge in [0.15, 0.2) is 0 Å². The second-order valence-corrected chi connectivity index (χ2v) is 6.52. The number of hydrogen-bond acceptors (Lipinski definition) is 3. The van der Waals surface area contributed by atoms with Crippen LogP contribution in [0.1, 0.15) is 25.7 Å². The molecule has 2 aliphatic rings. The molecule has 2 fully saturated rings. The van der Waals surface area contributed by atoms with Gasteiger partial charge < -0.3 is 15.1 Å². The number of carbonyl (C=O) groups is 2. The first kappa shape index (κ1) is 16.0. The van der Waals surface area contributed by atoms with Crippen LogP contribution in [0.4, 0.5) is 5.69 Å². The van der Waals surface area contributed by atoms with E-state index in [0.717, 1.165) is 18.7 Å². The number of likely N-dealkylation sites (tertiary alicyclic amines) is 1. The minimum Gasteiger partial charge on any atom is -0.355 e. The molecule has 1 N–H and O–H groups in total. The number of rotatable bonds is 5. The Balaban J connectivity index is 1.49. The molecule has 0 aliphatic carbocycles. The van der Waals surface area contributed by atoms with Crippen LogP contribution in [0, 0.1) is 5.92 Å². The summed E-state index contributed by atoms with van der Waals surface area (Å²) >= 11 is 0. The van der Waals surface area contributed by atoms with E-state index in [1.54, 1.807) is 4.90 Å². The summed E-state index contributed by atoms with van der Waals surface area (Å²) in [5.41, 5.74) is 0.875. The minimum atomic E-state index is -0.531. The van der Waals surface area contributed by atoms with E-state index in [1.165, 1.54) is 12.8 Å². The average Bonchev–Trinajstić information content (AvgIpc) is 3.14. The van der Waals surface area contributed by atoms with Gasteiger partial charge in [-0.3, -0.25) is 9.59 Å². The van der Waals surface area contributed by atoms with Gasteiger partial charge in [-0.1, -0.05) is 18.2 Å². The molecule has 1 aromatic rings. The van der Waals surface area contributed by atoms with Crippen LogP contribution in [0.3, 0.4) is 0 Å². The van der Waals surface area contributed by atoms with Gasteiger partial charge in [-0.05, 0) is 51.4 Å². The SMILES string of the molecule is CN1CCCC1CCNC(=O)C1CCN(c2ccccc2)C1=O. The van der Waals surface area contributed by atoms with Gasteiger partial charge in [-0.25, -0.2) is 0 Å². The molecule has 5 heteroatoms. The zero-order valence-electron chi connectivity index (χ0n) is 13.7. The topological polar surface area (TPSA) is 52.7 Å². The van der Waals surface area contributed by atoms with Crippen molar-refractivity contribution in [1.82, 2.24) is 10.2 Å². The van der Waals surface area contributed by atoms with Gasteiger partial charge in [0, 0.05) is 24.8 Å². The molecule has 124 valence electrons. The van der Waals surface area contributed by atoms with E-state index in [9.17, 15) is 9.59 Å². The van der Waals surface area contributed by atoms with Crippen LogP contribution in [0.2, 0.25) is 0 Å².